The second-order valence-electron chi connectivity index (χ2n) is 8.64. The lowest BCUT2D eigenvalue weighted by Crippen LogP contribution is -2.48. The molecule has 10 heteroatoms. The van der Waals surface area contributed by atoms with Gasteiger partial charge in [-0.1, -0.05) is 40.0 Å². The van der Waals surface area contributed by atoms with Crippen molar-refractivity contribution in [2.45, 2.75) is 52.9 Å². The van der Waals surface area contributed by atoms with Gasteiger partial charge in [0.05, 0.1) is 11.1 Å². The zero-order valence-corrected chi connectivity index (χ0v) is 23.2. The lowest BCUT2D eigenvalue weighted by Gasteiger charge is -2.12. The minimum atomic E-state index is -0.449. The van der Waals surface area contributed by atoms with Crippen LogP contribution in [0.5, 0.6) is 5.75 Å². The van der Waals surface area contributed by atoms with Crippen LogP contribution in [-0.4, -0.2) is 29.4 Å². The van der Waals surface area contributed by atoms with Gasteiger partial charge in [-0.15, -0.1) is 0 Å². The number of hydrogen-bond donors (Lipinski definition) is 4. The van der Waals surface area contributed by atoms with Gasteiger partial charge in [-0.25, -0.2) is 0 Å². The molecular formula is C26H33BrN4O4S. The van der Waals surface area contributed by atoms with Crippen molar-refractivity contribution in [3.8, 4) is 5.75 Å². The first kappa shape index (κ1) is 29.3. The molecule has 4 N–H and O–H groups in total. The van der Waals surface area contributed by atoms with E-state index >= 15 is 0 Å². The van der Waals surface area contributed by atoms with Crippen LogP contribution in [0.1, 0.15) is 73.6 Å². The van der Waals surface area contributed by atoms with Gasteiger partial charge in [0.25, 0.3) is 11.8 Å². The van der Waals surface area contributed by atoms with E-state index in [4.69, 9.17) is 17.0 Å². The Balaban J connectivity index is 1.80. The number of hydrogen-bond acceptors (Lipinski definition) is 5. The van der Waals surface area contributed by atoms with Crippen LogP contribution >= 0.6 is 28.1 Å². The van der Waals surface area contributed by atoms with Gasteiger partial charge < -0.3 is 10.1 Å². The summed E-state index contributed by atoms with van der Waals surface area (Å²) >= 11 is 8.55. The normalized spacial score (nSPS) is 10.5. The Morgan fingerprint density at radius 1 is 0.944 bits per heavy atom. The average molecular weight is 578 g/mol. The molecule has 8 nitrogen and oxygen atoms in total. The van der Waals surface area contributed by atoms with Crippen molar-refractivity contribution in [2.24, 2.45) is 5.92 Å². The maximum absolute atomic E-state index is 12.5. The number of unbranched alkanes of at least 4 members (excludes halogenated alkanes) is 3. The van der Waals surface area contributed by atoms with Gasteiger partial charge in [-0.2, -0.15) is 0 Å². The van der Waals surface area contributed by atoms with E-state index in [1.165, 1.54) is 12.8 Å². The van der Waals surface area contributed by atoms with E-state index in [0.717, 1.165) is 12.8 Å². The van der Waals surface area contributed by atoms with Crippen molar-refractivity contribution in [3.63, 3.8) is 0 Å². The van der Waals surface area contributed by atoms with E-state index in [1.54, 1.807) is 42.5 Å². The highest BCUT2D eigenvalue weighted by Gasteiger charge is 2.12. The van der Waals surface area contributed by atoms with E-state index in [-0.39, 0.29) is 16.9 Å². The summed E-state index contributed by atoms with van der Waals surface area (Å²) < 4.78 is 6.43. The molecule has 0 saturated carbocycles. The predicted molar refractivity (Wildman–Crippen MR) is 149 cm³/mol. The number of thiocarbonyl (C=S) groups is 1. The summed E-state index contributed by atoms with van der Waals surface area (Å²) in [5, 5.41) is 5.25. The van der Waals surface area contributed by atoms with Crippen LogP contribution in [0.2, 0.25) is 0 Å². The van der Waals surface area contributed by atoms with Crippen molar-refractivity contribution in [1.29, 1.82) is 0 Å². The molecule has 0 heterocycles. The van der Waals surface area contributed by atoms with E-state index in [2.05, 4.69) is 44.3 Å². The van der Waals surface area contributed by atoms with Crippen LogP contribution in [0.4, 0.5) is 5.69 Å². The molecule has 2 aromatic rings. The number of nitrogens with one attached hydrogen (secondary N) is 4. The topological polar surface area (TPSA) is 109 Å². The van der Waals surface area contributed by atoms with Crippen molar-refractivity contribution < 1.29 is 19.1 Å². The number of carbonyl (C=O) groups excluding carboxylic acids is 3. The summed E-state index contributed by atoms with van der Waals surface area (Å²) in [6, 6.07) is 11.5. The van der Waals surface area contributed by atoms with Gasteiger partial charge in [0.15, 0.2) is 5.11 Å². The summed E-state index contributed by atoms with van der Waals surface area (Å²) in [7, 11) is 0. The van der Waals surface area contributed by atoms with Crippen molar-refractivity contribution in [2.75, 3.05) is 11.9 Å². The molecule has 194 valence electrons. The van der Waals surface area contributed by atoms with Crippen molar-refractivity contribution in [1.82, 2.24) is 16.2 Å². The van der Waals surface area contributed by atoms with Crippen LogP contribution in [-0.2, 0) is 4.79 Å². The zero-order chi connectivity index (χ0) is 26.5. The molecule has 0 aliphatic carbocycles. The number of amides is 3. The fourth-order valence-corrected chi connectivity index (χ4v) is 3.79. The molecule has 0 aliphatic rings. The third-order valence-corrected chi connectivity index (χ3v) is 5.81. The number of halogens is 1. The highest BCUT2D eigenvalue weighted by Crippen LogP contribution is 2.26. The highest BCUT2D eigenvalue weighted by molar-refractivity contribution is 9.10. The Hall–Kier alpha value is -2.98. The van der Waals surface area contributed by atoms with Crippen molar-refractivity contribution >= 4 is 56.7 Å². The van der Waals surface area contributed by atoms with E-state index < -0.39 is 11.8 Å². The van der Waals surface area contributed by atoms with Gasteiger partial charge in [-0.05, 0) is 83.0 Å². The minimum Gasteiger partial charge on any atom is -0.492 e. The van der Waals surface area contributed by atoms with Crippen LogP contribution < -0.4 is 26.2 Å². The Labute approximate surface area is 226 Å². The van der Waals surface area contributed by atoms with Gasteiger partial charge in [0.1, 0.15) is 5.75 Å². The molecular weight excluding hydrogens is 544 g/mol. The highest BCUT2D eigenvalue weighted by atomic mass is 79.9. The van der Waals surface area contributed by atoms with E-state index in [1.807, 2.05) is 13.8 Å². The summed E-state index contributed by atoms with van der Waals surface area (Å²) in [6.07, 6.45) is 4.87. The van der Waals surface area contributed by atoms with Gasteiger partial charge in [0.2, 0.25) is 5.91 Å². The Morgan fingerprint density at radius 2 is 1.64 bits per heavy atom. The molecule has 0 bridgehead atoms. The molecule has 0 saturated heterocycles. The molecule has 0 unspecified atom stereocenters. The third kappa shape index (κ3) is 10.3. The molecule has 0 radical (unpaired) electrons. The number of anilines is 1. The first-order valence-corrected chi connectivity index (χ1v) is 13.1. The predicted octanol–water partition coefficient (Wildman–Crippen LogP) is 5.34. The largest absolute Gasteiger partial charge is 0.492 e. The number of hydrazine groups is 1. The standard InChI is InChI=1S/C26H33BrN4O4S/c1-4-5-6-7-14-35-22-13-10-19(16-21(22)27)24(33)29-26(36)31-30-25(34)18-8-11-20(12-9-18)28-23(32)15-17(2)3/h8-13,16-17H,4-7,14-15H2,1-3H3,(H,28,32)(H,30,34)(H2,29,31,33,36). The van der Waals surface area contributed by atoms with Crippen molar-refractivity contribution in [3.05, 3.63) is 58.1 Å². The van der Waals surface area contributed by atoms with Crippen LogP contribution in [0, 0.1) is 5.92 Å². The number of benzene rings is 2. The third-order valence-electron chi connectivity index (χ3n) is 4.99. The smallest absolute Gasteiger partial charge is 0.269 e. The Bertz CT molecular complexity index is 1060. The minimum absolute atomic E-state index is 0.0571. The lowest BCUT2D eigenvalue weighted by atomic mass is 10.1. The number of ether oxygens (including phenoxy) is 1. The van der Waals surface area contributed by atoms with Gasteiger partial charge >= 0.3 is 0 Å². The molecule has 0 spiro atoms. The van der Waals surface area contributed by atoms with E-state index in [9.17, 15) is 14.4 Å². The quantitative estimate of drug-likeness (QED) is 0.163. The van der Waals surface area contributed by atoms with Crippen LogP contribution in [0.25, 0.3) is 0 Å². The average Bonchev–Trinajstić information content (AvgIpc) is 2.83. The molecule has 0 aromatic heterocycles. The zero-order valence-electron chi connectivity index (χ0n) is 20.8. The van der Waals surface area contributed by atoms with Gasteiger partial charge in [0, 0.05) is 23.2 Å². The summed E-state index contributed by atoms with van der Waals surface area (Å²) in [5.41, 5.74) is 6.29. The summed E-state index contributed by atoms with van der Waals surface area (Å²) in [6.45, 7) is 6.71. The maximum atomic E-state index is 12.5. The van der Waals surface area contributed by atoms with E-state index in [0.29, 0.717) is 40.1 Å². The second kappa shape index (κ2) is 15.2. The molecule has 0 aliphatic heterocycles. The van der Waals surface area contributed by atoms with Crippen LogP contribution in [0.15, 0.2) is 46.9 Å². The summed E-state index contributed by atoms with van der Waals surface area (Å²) in [4.78, 5) is 36.7. The Kier molecular flexibility index (Phi) is 12.4. The first-order valence-electron chi connectivity index (χ1n) is 11.9. The van der Waals surface area contributed by atoms with Gasteiger partial charge in [-0.3, -0.25) is 30.6 Å². The SMILES string of the molecule is CCCCCCOc1ccc(C(=O)NC(=S)NNC(=O)c2ccc(NC(=O)CC(C)C)cc2)cc1Br. The molecule has 2 aromatic carbocycles. The molecule has 2 rings (SSSR count). The number of rotatable bonds is 11. The Morgan fingerprint density at radius 3 is 2.28 bits per heavy atom. The second-order valence-corrected chi connectivity index (χ2v) is 9.90. The summed E-state index contributed by atoms with van der Waals surface area (Å²) in [5.74, 6) is -0.0400. The fraction of sp³-hybridized carbons (Fsp3) is 0.385. The fourth-order valence-electron chi connectivity index (χ4n) is 3.15. The lowest BCUT2D eigenvalue weighted by molar-refractivity contribution is -0.116. The van der Waals surface area contributed by atoms with Crippen LogP contribution in [0.3, 0.4) is 0 Å². The molecule has 0 atom stereocenters. The first-order chi connectivity index (χ1) is 17.2. The maximum Gasteiger partial charge on any atom is 0.269 e. The molecule has 36 heavy (non-hydrogen) atoms. The number of carbonyl (C=O) groups is 3. The monoisotopic (exact) mass is 576 g/mol. The molecule has 3 amide bonds. The molecule has 0 fully saturated rings.